The lowest BCUT2D eigenvalue weighted by Crippen LogP contribution is -2.51. The SMILES string of the molecule is Cc1ccc([C@]23CCC(=O)N2[C@@H](C(=O)[O-])CS3)c(C)c1. The molecule has 0 saturated carbocycles. The largest absolute Gasteiger partial charge is 0.548 e. The van der Waals surface area contributed by atoms with Gasteiger partial charge in [0.1, 0.15) is 4.87 Å². The maximum absolute atomic E-state index is 12.1. The smallest absolute Gasteiger partial charge is 0.224 e. The van der Waals surface area contributed by atoms with E-state index in [1.165, 1.54) is 0 Å². The average molecular weight is 290 g/mol. The van der Waals surface area contributed by atoms with Crippen LogP contribution in [-0.2, 0) is 14.5 Å². The molecule has 2 heterocycles. The van der Waals surface area contributed by atoms with Crippen molar-refractivity contribution in [3.8, 4) is 0 Å². The summed E-state index contributed by atoms with van der Waals surface area (Å²) in [6.45, 7) is 4.04. The van der Waals surface area contributed by atoms with Crippen molar-refractivity contribution in [2.24, 2.45) is 0 Å². The first-order valence-corrected chi connectivity index (χ1v) is 7.69. The van der Waals surface area contributed by atoms with Gasteiger partial charge >= 0.3 is 0 Å². The fraction of sp³-hybridized carbons (Fsp3) is 0.467. The second kappa shape index (κ2) is 4.52. The highest BCUT2D eigenvalue weighted by Crippen LogP contribution is 2.55. The lowest BCUT2D eigenvalue weighted by molar-refractivity contribution is -0.310. The van der Waals surface area contributed by atoms with E-state index in [9.17, 15) is 14.7 Å². The molecule has 2 fully saturated rings. The van der Waals surface area contributed by atoms with Gasteiger partial charge in [-0.3, -0.25) is 4.79 Å². The summed E-state index contributed by atoms with van der Waals surface area (Å²) in [4.78, 5) is 24.5. The molecule has 0 aliphatic carbocycles. The second-order valence-electron chi connectivity index (χ2n) is 5.51. The first kappa shape index (κ1) is 13.5. The van der Waals surface area contributed by atoms with Gasteiger partial charge in [-0.15, -0.1) is 11.8 Å². The van der Waals surface area contributed by atoms with Gasteiger partial charge in [0.2, 0.25) is 5.91 Å². The van der Waals surface area contributed by atoms with E-state index in [4.69, 9.17) is 0 Å². The van der Waals surface area contributed by atoms with Crippen molar-refractivity contribution >= 4 is 23.6 Å². The van der Waals surface area contributed by atoms with Gasteiger partial charge in [0, 0.05) is 12.2 Å². The zero-order chi connectivity index (χ0) is 14.5. The number of hydrogen-bond donors (Lipinski definition) is 0. The monoisotopic (exact) mass is 290 g/mol. The van der Waals surface area contributed by atoms with Gasteiger partial charge < -0.3 is 14.8 Å². The zero-order valence-corrected chi connectivity index (χ0v) is 12.3. The lowest BCUT2D eigenvalue weighted by Gasteiger charge is -2.35. The van der Waals surface area contributed by atoms with Crippen molar-refractivity contribution < 1.29 is 14.7 Å². The number of rotatable bonds is 2. The maximum Gasteiger partial charge on any atom is 0.224 e. The molecule has 0 spiro atoms. The number of hydrogen-bond acceptors (Lipinski definition) is 4. The minimum Gasteiger partial charge on any atom is -0.548 e. The van der Waals surface area contributed by atoms with Gasteiger partial charge in [-0.25, -0.2) is 0 Å². The van der Waals surface area contributed by atoms with Gasteiger partial charge in [-0.1, -0.05) is 23.8 Å². The van der Waals surface area contributed by atoms with Gasteiger partial charge in [-0.05, 0) is 31.4 Å². The molecule has 0 radical (unpaired) electrons. The number of benzene rings is 1. The van der Waals surface area contributed by atoms with E-state index >= 15 is 0 Å². The van der Waals surface area contributed by atoms with E-state index in [0.717, 1.165) is 16.7 Å². The van der Waals surface area contributed by atoms with E-state index in [2.05, 4.69) is 6.07 Å². The Labute approximate surface area is 122 Å². The molecule has 1 amide bonds. The van der Waals surface area contributed by atoms with Crippen LogP contribution in [-0.4, -0.2) is 28.6 Å². The highest BCUT2D eigenvalue weighted by molar-refractivity contribution is 8.00. The van der Waals surface area contributed by atoms with Crippen LogP contribution in [0.1, 0.15) is 29.5 Å². The molecule has 0 bridgehead atoms. The fourth-order valence-corrected chi connectivity index (χ4v) is 5.06. The van der Waals surface area contributed by atoms with E-state index in [0.29, 0.717) is 18.6 Å². The molecule has 106 valence electrons. The third kappa shape index (κ3) is 1.76. The highest BCUT2D eigenvalue weighted by Gasteiger charge is 2.55. The van der Waals surface area contributed by atoms with Crippen LogP contribution < -0.4 is 5.11 Å². The van der Waals surface area contributed by atoms with Crippen LogP contribution in [0.4, 0.5) is 0 Å². The topological polar surface area (TPSA) is 60.4 Å². The summed E-state index contributed by atoms with van der Waals surface area (Å²) >= 11 is 1.56. The molecule has 4 nitrogen and oxygen atoms in total. The normalized spacial score (nSPS) is 28.8. The summed E-state index contributed by atoms with van der Waals surface area (Å²) in [7, 11) is 0. The third-order valence-corrected chi connectivity index (χ3v) is 5.78. The molecule has 0 unspecified atom stereocenters. The average Bonchev–Trinajstić information content (AvgIpc) is 2.89. The first-order chi connectivity index (χ1) is 9.45. The Bertz CT molecular complexity index is 601. The lowest BCUT2D eigenvalue weighted by atomic mass is 9.96. The molecule has 20 heavy (non-hydrogen) atoms. The Morgan fingerprint density at radius 3 is 2.85 bits per heavy atom. The Kier molecular flexibility index (Phi) is 3.05. The molecule has 2 atom stereocenters. The Morgan fingerprint density at radius 1 is 1.45 bits per heavy atom. The number of nitrogens with zero attached hydrogens (tertiary/aromatic N) is 1. The summed E-state index contributed by atoms with van der Waals surface area (Å²) in [6, 6.07) is 5.32. The number of thioether (sulfide) groups is 1. The molecule has 0 N–H and O–H groups in total. The number of amides is 1. The van der Waals surface area contributed by atoms with Crippen molar-refractivity contribution in [2.75, 3.05) is 5.75 Å². The van der Waals surface area contributed by atoms with E-state index < -0.39 is 16.9 Å². The molecular weight excluding hydrogens is 274 g/mol. The molecule has 5 heteroatoms. The number of carboxylic acids is 1. The third-order valence-electron chi connectivity index (χ3n) is 4.20. The molecular formula is C15H16NO3S-. The molecule has 1 aromatic rings. The minimum atomic E-state index is -1.15. The zero-order valence-electron chi connectivity index (χ0n) is 11.5. The minimum absolute atomic E-state index is 0.0795. The van der Waals surface area contributed by atoms with Gasteiger partial charge in [0.25, 0.3) is 0 Å². The number of carboxylic acid groups (broad SMARTS) is 1. The number of fused-ring (bicyclic) bond motifs is 1. The summed E-state index contributed by atoms with van der Waals surface area (Å²) in [5.41, 5.74) is 3.33. The quantitative estimate of drug-likeness (QED) is 0.813. The highest BCUT2D eigenvalue weighted by atomic mass is 32.2. The van der Waals surface area contributed by atoms with Crippen LogP contribution in [0.25, 0.3) is 0 Å². The predicted molar refractivity (Wildman–Crippen MR) is 74.9 cm³/mol. The Balaban J connectivity index is 2.11. The van der Waals surface area contributed by atoms with Crippen molar-refractivity contribution in [1.29, 1.82) is 0 Å². The van der Waals surface area contributed by atoms with Gasteiger partial charge in [0.15, 0.2) is 0 Å². The Hall–Kier alpha value is -1.49. The van der Waals surface area contributed by atoms with Gasteiger partial charge in [-0.2, -0.15) is 0 Å². The predicted octanol–water partition coefficient (Wildman–Crippen LogP) is 0.944. The fourth-order valence-electron chi connectivity index (χ4n) is 3.34. The summed E-state index contributed by atoms with van der Waals surface area (Å²) < 4.78 is 0. The Morgan fingerprint density at radius 2 is 2.20 bits per heavy atom. The molecule has 0 aromatic heterocycles. The van der Waals surface area contributed by atoms with Crippen molar-refractivity contribution in [2.45, 2.75) is 37.6 Å². The first-order valence-electron chi connectivity index (χ1n) is 6.70. The number of aryl methyl sites for hydroxylation is 2. The number of aliphatic carboxylic acids is 1. The van der Waals surface area contributed by atoms with E-state index in [-0.39, 0.29) is 5.91 Å². The maximum atomic E-state index is 12.1. The van der Waals surface area contributed by atoms with E-state index in [1.54, 1.807) is 16.7 Å². The number of carbonyl (C=O) groups excluding carboxylic acids is 2. The molecule has 2 aliphatic rings. The summed E-state index contributed by atoms with van der Waals surface area (Å²) in [6.07, 6.45) is 1.08. The molecule has 2 saturated heterocycles. The van der Waals surface area contributed by atoms with Crippen molar-refractivity contribution in [1.82, 2.24) is 4.90 Å². The van der Waals surface area contributed by atoms with E-state index in [1.807, 2.05) is 26.0 Å². The summed E-state index contributed by atoms with van der Waals surface area (Å²) in [5.74, 6) is -0.829. The van der Waals surface area contributed by atoms with Crippen molar-refractivity contribution in [3.05, 3.63) is 34.9 Å². The van der Waals surface area contributed by atoms with Crippen LogP contribution in [0.3, 0.4) is 0 Å². The molecule has 3 rings (SSSR count). The van der Waals surface area contributed by atoms with Crippen LogP contribution >= 0.6 is 11.8 Å². The van der Waals surface area contributed by atoms with Crippen molar-refractivity contribution in [3.63, 3.8) is 0 Å². The van der Waals surface area contributed by atoms with Crippen LogP contribution in [0.2, 0.25) is 0 Å². The standard InChI is InChI=1S/C15H17NO3S/c1-9-3-4-11(10(2)7-9)15-6-5-13(17)16(15)12(8-20-15)14(18)19/h3-4,7,12H,5-6,8H2,1-2H3,(H,18,19)/p-1/t12-,15-/m1/s1. The molecule has 1 aromatic carbocycles. The van der Waals surface area contributed by atoms with Crippen LogP contribution in [0.15, 0.2) is 18.2 Å². The second-order valence-corrected chi connectivity index (χ2v) is 6.81. The summed E-state index contributed by atoms with van der Waals surface area (Å²) in [5, 5.41) is 11.3. The van der Waals surface area contributed by atoms with Crippen LogP contribution in [0, 0.1) is 13.8 Å². The molecule has 2 aliphatic heterocycles. The van der Waals surface area contributed by atoms with Crippen LogP contribution in [0.5, 0.6) is 0 Å². The number of carbonyl (C=O) groups is 2. The van der Waals surface area contributed by atoms with Gasteiger partial charge in [0.05, 0.1) is 12.0 Å².